The van der Waals surface area contributed by atoms with Crippen LogP contribution in [-0.2, 0) is 9.47 Å². The zero-order chi connectivity index (χ0) is 12.1. The van der Waals surface area contributed by atoms with Crippen LogP contribution in [-0.4, -0.2) is 24.4 Å². The average molecular weight is 240 g/mol. The van der Waals surface area contributed by atoms with E-state index in [1.54, 1.807) is 0 Å². The molecule has 2 heterocycles. The highest BCUT2D eigenvalue weighted by Crippen LogP contribution is 2.38. The Labute approximate surface area is 106 Å². The van der Waals surface area contributed by atoms with Crippen molar-refractivity contribution in [2.75, 3.05) is 0 Å². The van der Waals surface area contributed by atoms with E-state index in [2.05, 4.69) is 13.8 Å². The third-order valence-electron chi connectivity index (χ3n) is 4.02. The molecule has 17 heavy (non-hydrogen) atoms. The summed E-state index contributed by atoms with van der Waals surface area (Å²) < 4.78 is 11.4. The third kappa shape index (κ3) is 4.59. The van der Waals surface area contributed by atoms with Crippen LogP contribution in [0.15, 0.2) is 0 Å². The Bertz CT molecular complexity index is 195. The van der Waals surface area contributed by atoms with Gasteiger partial charge in [0.2, 0.25) is 0 Å². The molecule has 0 radical (unpaired) electrons. The van der Waals surface area contributed by atoms with Crippen LogP contribution in [0.4, 0.5) is 0 Å². The molecule has 0 aromatic rings. The molecule has 0 aromatic carbocycles. The van der Waals surface area contributed by atoms with E-state index >= 15 is 0 Å². The van der Waals surface area contributed by atoms with Crippen molar-refractivity contribution >= 4 is 0 Å². The summed E-state index contributed by atoms with van der Waals surface area (Å²) in [5, 5.41) is 0. The molecule has 2 nitrogen and oxygen atoms in total. The van der Waals surface area contributed by atoms with Gasteiger partial charge in [-0.15, -0.1) is 0 Å². The maximum Gasteiger partial charge on any atom is 0.0867 e. The van der Waals surface area contributed by atoms with Crippen molar-refractivity contribution in [3.63, 3.8) is 0 Å². The number of ether oxygens (including phenoxy) is 2. The standard InChI is InChI=1S/C15H28O2/c1-3-5-7-9-12-14(16-12)11-15-13(17-15)10-8-6-4-2/h12-15H,3-11H2,1-2H3/t12-,13+,14+,15-. The van der Waals surface area contributed by atoms with Gasteiger partial charge in [0.15, 0.2) is 0 Å². The molecule has 2 aliphatic heterocycles. The number of hydrogen-bond acceptors (Lipinski definition) is 2. The highest BCUT2D eigenvalue weighted by Gasteiger charge is 2.47. The molecule has 0 aromatic heterocycles. The molecule has 2 aliphatic rings. The van der Waals surface area contributed by atoms with Gasteiger partial charge in [-0.3, -0.25) is 0 Å². The van der Waals surface area contributed by atoms with Gasteiger partial charge >= 0.3 is 0 Å². The van der Waals surface area contributed by atoms with E-state index in [9.17, 15) is 0 Å². The summed E-state index contributed by atoms with van der Waals surface area (Å²) in [4.78, 5) is 0. The second kappa shape index (κ2) is 6.75. The normalized spacial score (nSPS) is 34.9. The van der Waals surface area contributed by atoms with Crippen LogP contribution in [0.1, 0.15) is 71.6 Å². The van der Waals surface area contributed by atoms with Gasteiger partial charge in [-0.05, 0) is 12.8 Å². The minimum Gasteiger partial charge on any atom is -0.369 e. The first-order valence-electron chi connectivity index (χ1n) is 7.66. The molecule has 0 unspecified atom stereocenters. The summed E-state index contributed by atoms with van der Waals surface area (Å²) >= 11 is 0. The predicted octanol–water partition coefficient (Wildman–Crippen LogP) is 4.07. The molecule has 2 heteroatoms. The Balaban J connectivity index is 1.45. The van der Waals surface area contributed by atoms with E-state index in [1.807, 2.05) is 0 Å². The highest BCUT2D eigenvalue weighted by molar-refractivity contribution is 4.94. The molecule has 2 saturated heterocycles. The molecule has 0 spiro atoms. The monoisotopic (exact) mass is 240 g/mol. The van der Waals surface area contributed by atoms with E-state index in [1.165, 1.54) is 51.4 Å². The summed E-state index contributed by atoms with van der Waals surface area (Å²) in [6.45, 7) is 4.51. The topological polar surface area (TPSA) is 25.1 Å². The van der Waals surface area contributed by atoms with Crippen molar-refractivity contribution < 1.29 is 9.47 Å². The van der Waals surface area contributed by atoms with Gasteiger partial charge in [0, 0.05) is 6.42 Å². The maximum absolute atomic E-state index is 5.71. The van der Waals surface area contributed by atoms with Gasteiger partial charge in [-0.25, -0.2) is 0 Å². The van der Waals surface area contributed by atoms with Crippen molar-refractivity contribution in [3.8, 4) is 0 Å². The molecule has 0 amide bonds. The fraction of sp³-hybridized carbons (Fsp3) is 1.00. The Kier molecular flexibility index (Phi) is 5.30. The molecule has 4 atom stereocenters. The lowest BCUT2D eigenvalue weighted by atomic mass is 10.1. The summed E-state index contributed by atoms with van der Waals surface area (Å²) in [7, 11) is 0. The molecule has 0 saturated carbocycles. The van der Waals surface area contributed by atoms with E-state index in [4.69, 9.17) is 9.47 Å². The maximum atomic E-state index is 5.71. The fourth-order valence-electron chi connectivity index (χ4n) is 2.70. The largest absolute Gasteiger partial charge is 0.369 e. The minimum absolute atomic E-state index is 0.535. The van der Waals surface area contributed by atoms with Crippen molar-refractivity contribution in [3.05, 3.63) is 0 Å². The molecule has 2 fully saturated rings. The third-order valence-corrected chi connectivity index (χ3v) is 4.02. The zero-order valence-corrected chi connectivity index (χ0v) is 11.5. The van der Waals surface area contributed by atoms with E-state index in [-0.39, 0.29) is 0 Å². The van der Waals surface area contributed by atoms with Crippen LogP contribution in [0.25, 0.3) is 0 Å². The van der Waals surface area contributed by atoms with Crippen LogP contribution in [0.3, 0.4) is 0 Å². The predicted molar refractivity (Wildman–Crippen MR) is 70.2 cm³/mol. The molecular formula is C15H28O2. The fourth-order valence-corrected chi connectivity index (χ4v) is 2.70. The number of hydrogen-bond donors (Lipinski definition) is 0. The lowest BCUT2D eigenvalue weighted by Crippen LogP contribution is -2.02. The average Bonchev–Trinajstić information content (AvgIpc) is 3.21. The quantitative estimate of drug-likeness (QED) is 0.425. The van der Waals surface area contributed by atoms with Crippen molar-refractivity contribution in [1.29, 1.82) is 0 Å². The molecule has 0 N–H and O–H groups in total. The number of epoxide rings is 2. The van der Waals surface area contributed by atoms with E-state index in [0.29, 0.717) is 24.4 Å². The Morgan fingerprint density at radius 2 is 1.12 bits per heavy atom. The molecule has 100 valence electrons. The van der Waals surface area contributed by atoms with Crippen molar-refractivity contribution in [2.45, 2.75) is 96.1 Å². The number of rotatable bonds is 10. The van der Waals surface area contributed by atoms with Gasteiger partial charge in [0.25, 0.3) is 0 Å². The van der Waals surface area contributed by atoms with E-state index < -0.39 is 0 Å². The summed E-state index contributed by atoms with van der Waals surface area (Å²) in [5.74, 6) is 0. The lowest BCUT2D eigenvalue weighted by Gasteiger charge is -1.95. The van der Waals surface area contributed by atoms with Crippen molar-refractivity contribution in [1.82, 2.24) is 0 Å². The van der Waals surface area contributed by atoms with Crippen molar-refractivity contribution in [2.24, 2.45) is 0 Å². The van der Waals surface area contributed by atoms with Gasteiger partial charge in [0.1, 0.15) is 0 Å². The van der Waals surface area contributed by atoms with Crippen LogP contribution in [0.5, 0.6) is 0 Å². The first-order chi connectivity index (χ1) is 8.35. The molecule has 2 rings (SSSR count). The molecule has 0 aliphatic carbocycles. The minimum atomic E-state index is 0.535. The summed E-state index contributed by atoms with van der Waals surface area (Å²) in [5.41, 5.74) is 0. The Morgan fingerprint density at radius 3 is 1.53 bits per heavy atom. The zero-order valence-electron chi connectivity index (χ0n) is 11.5. The Hall–Kier alpha value is -0.0800. The smallest absolute Gasteiger partial charge is 0.0867 e. The second-order valence-corrected chi connectivity index (χ2v) is 5.65. The Morgan fingerprint density at radius 1 is 0.647 bits per heavy atom. The van der Waals surface area contributed by atoms with Crippen LogP contribution in [0.2, 0.25) is 0 Å². The van der Waals surface area contributed by atoms with Gasteiger partial charge < -0.3 is 9.47 Å². The van der Waals surface area contributed by atoms with Crippen LogP contribution in [0, 0.1) is 0 Å². The van der Waals surface area contributed by atoms with E-state index in [0.717, 1.165) is 6.42 Å². The number of unbranched alkanes of at least 4 members (excludes halogenated alkanes) is 4. The highest BCUT2D eigenvalue weighted by atomic mass is 16.6. The van der Waals surface area contributed by atoms with Gasteiger partial charge in [0.05, 0.1) is 24.4 Å². The van der Waals surface area contributed by atoms with Crippen LogP contribution < -0.4 is 0 Å². The SMILES string of the molecule is CCCCC[C@@H]1O[C@@H]1C[C@@H]1O[C@@H]1CCCCC. The molecular weight excluding hydrogens is 212 g/mol. The molecule has 0 bridgehead atoms. The summed E-state index contributed by atoms with van der Waals surface area (Å²) in [6, 6.07) is 0. The first kappa shape index (κ1) is 13.4. The van der Waals surface area contributed by atoms with Crippen LogP contribution >= 0.6 is 0 Å². The lowest BCUT2D eigenvalue weighted by molar-refractivity contribution is 0.318. The second-order valence-electron chi connectivity index (χ2n) is 5.65. The van der Waals surface area contributed by atoms with Gasteiger partial charge in [-0.2, -0.15) is 0 Å². The van der Waals surface area contributed by atoms with Gasteiger partial charge in [-0.1, -0.05) is 52.4 Å². The first-order valence-corrected chi connectivity index (χ1v) is 7.66. The summed E-state index contributed by atoms with van der Waals surface area (Å²) in [6.07, 6.45) is 13.9.